The van der Waals surface area contributed by atoms with Crippen molar-refractivity contribution in [1.29, 1.82) is 0 Å². The third-order valence-corrected chi connectivity index (χ3v) is 8.18. The first-order chi connectivity index (χ1) is 19.5. The van der Waals surface area contributed by atoms with Gasteiger partial charge in [-0.25, -0.2) is 0 Å². The van der Waals surface area contributed by atoms with Gasteiger partial charge in [0.2, 0.25) is 0 Å². The highest BCUT2D eigenvalue weighted by Crippen LogP contribution is 2.36. The van der Waals surface area contributed by atoms with Crippen LogP contribution in [0.2, 0.25) is 0 Å². The summed E-state index contributed by atoms with van der Waals surface area (Å²) in [6, 6.07) is 19.2. The maximum absolute atomic E-state index is 8.81. The number of ether oxygens (including phenoxy) is 2. The van der Waals surface area contributed by atoms with Crippen molar-refractivity contribution in [3.05, 3.63) is 65.7 Å². The van der Waals surface area contributed by atoms with Crippen LogP contribution in [0.25, 0.3) is 0 Å². The molecule has 1 saturated heterocycles. The zero-order chi connectivity index (χ0) is 28.5. The Hall–Kier alpha value is -1.88. The molecular formula is C36H57NO3. The first kappa shape index (κ1) is 32.6. The van der Waals surface area contributed by atoms with Crippen LogP contribution in [0.5, 0.6) is 5.75 Å². The Kier molecular flexibility index (Phi) is 15.1. The fraction of sp³-hybridized carbons (Fsp3) is 0.667. The van der Waals surface area contributed by atoms with Gasteiger partial charge in [0, 0.05) is 18.7 Å². The second kappa shape index (κ2) is 18.5. The second-order valence-corrected chi connectivity index (χ2v) is 12.7. The zero-order valence-electron chi connectivity index (χ0n) is 25.8. The minimum absolute atomic E-state index is 0.0261. The lowest BCUT2D eigenvalue weighted by Crippen LogP contribution is -2.42. The standard InChI is InChI=1S/C36H57NO3/c1-36(2,3)37-29-34(40-35(37)32-22-18-16-19-23-32)30-39-33-26-24-31(25-27-33)21-17-14-12-10-8-6-4-5-7-9-11-13-15-20-28-38/h16,18-19,22-27,34-35,38H,4-15,17,20-21,28-30H2,1-3H3/t34-,35?/m0/s1. The average molecular weight is 552 g/mol. The molecule has 0 spiro atoms. The van der Waals surface area contributed by atoms with Gasteiger partial charge in [-0.1, -0.05) is 120 Å². The predicted octanol–water partition coefficient (Wildman–Crippen LogP) is 9.26. The summed E-state index contributed by atoms with van der Waals surface area (Å²) in [5.74, 6) is 0.930. The zero-order valence-corrected chi connectivity index (χ0v) is 25.8. The molecular weight excluding hydrogens is 494 g/mol. The van der Waals surface area contributed by atoms with E-state index in [4.69, 9.17) is 14.6 Å². The van der Waals surface area contributed by atoms with Gasteiger partial charge in [0.1, 0.15) is 24.7 Å². The van der Waals surface area contributed by atoms with Gasteiger partial charge in [0.15, 0.2) is 0 Å². The first-order valence-corrected chi connectivity index (χ1v) is 16.3. The van der Waals surface area contributed by atoms with E-state index < -0.39 is 0 Å². The quantitative estimate of drug-likeness (QED) is 0.167. The molecule has 0 bridgehead atoms. The van der Waals surface area contributed by atoms with Gasteiger partial charge in [-0.2, -0.15) is 0 Å². The van der Waals surface area contributed by atoms with E-state index in [0.29, 0.717) is 13.2 Å². The number of benzene rings is 2. The molecule has 2 aromatic rings. The topological polar surface area (TPSA) is 41.9 Å². The molecule has 1 unspecified atom stereocenters. The van der Waals surface area contributed by atoms with Gasteiger partial charge in [-0.15, -0.1) is 0 Å². The van der Waals surface area contributed by atoms with Crippen LogP contribution in [0.4, 0.5) is 0 Å². The Morgan fingerprint density at radius 2 is 1.25 bits per heavy atom. The average Bonchev–Trinajstić information content (AvgIpc) is 3.40. The molecule has 0 amide bonds. The van der Waals surface area contributed by atoms with Crippen molar-refractivity contribution < 1.29 is 14.6 Å². The van der Waals surface area contributed by atoms with Crippen molar-refractivity contribution in [2.75, 3.05) is 19.8 Å². The van der Waals surface area contributed by atoms with Gasteiger partial charge in [0.25, 0.3) is 0 Å². The summed E-state index contributed by atoms with van der Waals surface area (Å²) in [5.41, 5.74) is 2.64. The van der Waals surface area contributed by atoms with Crippen molar-refractivity contribution >= 4 is 0 Å². The number of hydrogen-bond donors (Lipinski definition) is 1. The van der Waals surface area contributed by atoms with Crippen LogP contribution in [0.1, 0.15) is 128 Å². The van der Waals surface area contributed by atoms with E-state index in [-0.39, 0.29) is 17.9 Å². The van der Waals surface area contributed by atoms with E-state index in [1.807, 2.05) is 0 Å². The highest BCUT2D eigenvalue weighted by atomic mass is 16.6. The third-order valence-electron chi connectivity index (χ3n) is 8.18. The molecule has 0 radical (unpaired) electrons. The van der Waals surface area contributed by atoms with E-state index in [2.05, 4.69) is 80.3 Å². The minimum atomic E-state index is -0.0271. The van der Waals surface area contributed by atoms with Crippen LogP contribution in [-0.4, -0.2) is 41.4 Å². The van der Waals surface area contributed by atoms with E-state index in [1.54, 1.807) is 0 Å². The fourth-order valence-electron chi connectivity index (χ4n) is 5.71. The Morgan fingerprint density at radius 3 is 1.77 bits per heavy atom. The number of aryl methyl sites for hydroxylation is 1. The van der Waals surface area contributed by atoms with Gasteiger partial charge < -0.3 is 14.6 Å². The van der Waals surface area contributed by atoms with Crippen molar-refractivity contribution in [2.45, 2.75) is 135 Å². The minimum Gasteiger partial charge on any atom is -0.491 e. The predicted molar refractivity (Wildman–Crippen MR) is 168 cm³/mol. The fourth-order valence-corrected chi connectivity index (χ4v) is 5.71. The van der Waals surface area contributed by atoms with Gasteiger partial charge >= 0.3 is 0 Å². The van der Waals surface area contributed by atoms with Crippen LogP contribution >= 0.6 is 0 Å². The van der Waals surface area contributed by atoms with Crippen LogP contribution in [0.15, 0.2) is 54.6 Å². The van der Waals surface area contributed by atoms with Crippen molar-refractivity contribution in [2.24, 2.45) is 0 Å². The van der Waals surface area contributed by atoms with Crippen LogP contribution < -0.4 is 4.74 Å². The smallest absolute Gasteiger partial charge is 0.137 e. The number of rotatable bonds is 20. The van der Waals surface area contributed by atoms with Crippen molar-refractivity contribution in [3.63, 3.8) is 0 Å². The lowest BCUT2D eigenvalue weighted by Gasteiger charge is -2.35. The Labute approximate surface area is 245 Å². The third kappa shape index (κ3) is 12.3. The number of unbranched alkanes of at least 4 members (excludes halogenated alkanes) is 13. The second-order valence-electron chi connectivity index (χ2n) is 12.7. The highest BCUT2D eigenvalue weighted by molar-refractivity contribution is 5.27. The summed E-state index contributed by atoms with van der Waals surface area (Å²) in [6.07, 6.45) is 19.7. The molecule has 3 rings (SSSR count). The molecule has 2 aromatic carbocycles. The Morgan fingerprint density at radius 1 is 0.725 bits per heavy atom. The van der Waals surface area contributed by atoms with Gasteiger partial charge in [-0.05, 0) is 63.3 Å². The van der Waals surface area contributed by atoms with Crippen molar-refractivity contribution in [3.8, 4) is 5.75 Å². The molecule has 2 atom stereocenters. The van der Waals surface area contributed by atoms with Crippen LogP contribution in [0.3, 0.4) is 0 Å². The molecule has 4 heteroatoms. The van der Waals surface area contributed by atoms with E-state index in [1.165, 1.54) is 94.6 Å². The molecule has 0 saturated carbocycles. The highest BCUT2D eigenvalue weighted by Gasteiger charge is 2.40. The Balaban J connectivity index is 1.23. The summed E-state index contributed by atoms with van der Waals surface area (Å²) in [7, 11) is 0. The summed E-state index contributed by atoms with van der Waals surface area (Å²) >= 11 is 0. The molecule has 1 fully saturated rings. The largest absolute Gasteiger partial charge is 0.491 e. The summed E-state index contributed by atoms with van der Waals surface area (Å²) < 4.78 is 12.6. The molecule has 1 aliphatic heterocycles. The van der Waals surface area contributed by atoms with Crippen LogP contribution in [-0.2, 0) is 11.2 Å². The summed E-state index contributed by atoms with van der Waals surface area (Å²) in [6.45, 7) is 8.55. The maximum atomic E-state index is 8.81. The van der Waals surface area contributed by atoms with E-state index >= 15 is 0 Å². The number of hydrogen-bond acceptors (Lipinski definition) is 4. The van der Waals surface area contributed by atoms with Gasteiger partial charge in [-0.3, -0.25) is 4.90 Å². The normalized spacial score (nSPS) is 17.9. The van der Waals surface area contributed by atoms with Crippen LogP contribution in [0, 0.1) is 0 Å². The molecule has 0 aliphatic carbocycles. The SMILES string of the molecule is CC(C)(C)N1C[C@@H](COc2ccc(CCCCCCCCCCCCCCCCO)cc2)OC1c1ccccc1. The maximum Gasteiger partial charge on any atom is 0.137 e. The Bertz CT molecular complexity index is 893. The lowest BCUT2D eigenvalue weighted by molar-refractivity contribution is -0.0398. The van der Waals surface area contributed by atoms with E-state index in [9.17, 15) is 0 Å². The monoisotopic (exact) mass is 551 g/mol. The van der Waals surface area contributed by atoms with Crippen molar-refractivity contribution in [1.82, 2.24) is 4.90 Å². The summed E-state index contributed by atoms with van der Waals surface area (Å²) in [5, 5.41) is 8.81. The van der Waals surface area contributed by atoms with E-state index in [0.717, 1.165) is 25.1 Å². The molecule has 0 aromatic heterocycles. The molecule has 1 heterocycles. The number of aliphatic hydroxyl groups is 1. The molecule has 4 nitrogen and oxygen atoms in total. The molecule has 1 N–H and O–H groups in total. The summed E-state index contributed by atoms with van der Waals surface area (Å²) in [4.78, 5) is 2.44. The number of aliphatic hydroxyl groups excluding tert-OH is 1. The molecule has 1 aliphatic rings. The molecule has 40 heavy (non-hydrogen) atoms. The molecule has 224 valence electrons. The first-order valence-electron chi connectivity index (χ1n) is 16.3. The lowest BCUT2D eigenvalue weighted by atomic mass is 10.0. The number of nitrogens with zero attached hydrogens (tertiary/aromatic N) is 1. The van der Waals surface area contributed by atoms with Gasteiger partial charge in [0.05, 0.1) is 0 Å².